The second-order valence-electron chi connectivity index (χ2n) is 4.04. The third-order valence-electron chi connectivity index (χ3n) is 2.77. The van der Waals surface area contributed by atoms with Crippen molar-refractivity contribution in [3.8, 4) is 0 Å². The summed E-state index contributed by atoms with van der Waals surface area (Å²) in [6.45, 7) is 0.622. The minimum atomic E-state index is -0.269. The van der Waals surface area contributed by atoms with Crippen molar-refractivity contribution < 1.29 is 4.79 Å². The molecule has 17 heavy (non-hydrogen) atoms. The van der Waals surface area contributed by atoms with E-state index in [4.69, 9.17) is 17.3 Å². The fraction of sp³-hybridized carbons (Fsp3) is 0.417. The highest BCUT2D eigenvalue weighted by molar-refractivity contribution is 7.99. The summed E-state index contributed by atoms with van der Waals surface area (Å²) in [5.74, 6) is 0.817. The van der Waals surface area contributed by atoms with Gasteiger partial charge in [-0.15, -0.1) is 11.8 Å². The number of hydrogen-bond acceptors (Lipinski definition) is 3. The van der Waals surface area contributed by atoms with Gasteiger partial charge in [-0.05, 0) is 35.9 Å². The number of thioether (sulfide) groups is 1. The SMILES string of the molecule is NC(=O)CCNC1CCSc2ccc(Cl)cc21. The molecule has 1 amide bonds. The molecule has 2 rings (SSSR count). The van der Waals surface area contributed by atoms with Gasteiger partial charge in [0.15, 0.2) is 0 Å². The van der Waals surface area contributed by atoms with Crippen LogP contribution in [0.2, 0.25) is 5.02 Å². The highest BCUT2D eigenvalue weighted by Gasteiger charge is 2.20. The minimum absolute atomic E-state index is 0.269. The monoisotopic (exact) mass is 270 g/mol. The van der Waals surface area contributed by atoms with Crippen LogP contribution in [0.1, 0.15) is 24.4 Å². The number of hydrogen-bond donors (Lipinski definition) is 2. The predicted molar refractivity (Wildman–Crippen MR) is 71.3 cm³/mol. The second kappa shape index (κ2) is 5.76. The number of halogens is 1. The van der Waals surface area contributed by atoms with Gasteiger partial charge in [0.25, 0.3) is 0 Å². The van der Waals surface area contributed by atoms with E-state index in [0.29, 0.717) is 13.0 Å². The Labute approximate surface area is 110 Å². The molecular formula is C12H15ClN2OS. The Morgan fingerprint density at radius 3 is 3.18 bits per heavy atom. The van der Waals surface area contributed by atoms with Crippen molar-refractivity contribution in [3.05, 3.63) is 28.8 Å². The first-order valence-corrected chi connectivity index (χ1v) is 6.97. The van der Waals surface area contributed by atoms with Crippen LogP contribution in [0.3, 0.4) is 0 Å². The Hall–Kier alpha value is -0.710. The quantitative estimate of drug-likeness (QED) is 0.883. The van der Waals surface area contributed by atoms with Crippen molar-refractivity contribution in [3.63, 3.8) is 0 Å². The fourth-order valence-electron chi connectivity index (χ4n) is 1.95. The first-order valence-electron chi connectivity index (χ1n) is 5.61. The lowest BCUT2D eigenvalue weighted by Crippen LogP contribution is -2.28. The zero-order chi connectivity index (χ0) is 12.3. The molecule has 1 aromatic carbocycles. The minimum Gasteiger partial charge on any atom is -0.370 e. The first-order chi connectivity index (χ1) is 8.16. The van der Waals surface area contributed by atoms with E-state index in [1.165, 1.54) is 10.5 Å². The average molecular weight is 271 g/mol. The third-order valence-corrected chi connectivity index (χ3v) is 4.13. The summed E-state index contributed by atoms with van der Waals surface area (Å²) in [5.41, 5.74) is 6.36. The molecule has 1 aliphatic rings. The molecule has 0 saturated heterocycles. The van der Waals surface area contributed by atoms with Crippen molar-refractivity contribution in [2.24, 2.45) is 5.73 Å². The number of nitrogens with two attached hydrogens (primary N) is 1. The lowest BCUT2D eigenvalue weighted by atomic mass is 10.0. The molecule has 3 nitrogen and oxygen atoms in total. The van der Waals surface area contributed by atoms with Crippen LogP contribution in [0.15, 0.2) is 23.1 Å². The molecule has 0 spiro atoms. The summed E-state index contributed by atoms with van der Waals surface area (Å²) >= 11 is 7.87. The number of rotatable bonds is 4. The Balaban J connectivity index is 2.05. The number of amides is 1. The molecule has 1 heterocycles. The Morgan fingerprint density at radius 2 is 2.41 bits per heavy atom. The number of benzene rings is 1. The number of carbonyl (C=O) groups is 1. The van der Waals surface area contributed by atoms with Gasteiger partial charge < -0.3 is 11.1 Å². The molecule has 3 N–H and O–H groups in total. The van der Waals surface area contributed by atoms with Gasteiger partial charge in [-0.1, -0.05) is 11.6 Å². The normalized spacial score (nSPS) is 18.8. The second-order valence-corrected chi connectivity index (χ2v) is 5.62. The summed E-state index contributed by atoms with van der Waals surface area (Å²) < 4.78 is 0. The summed E-state index contributed by atoms with van der Waals surface area (Å²) in [7, 11) is 0. The molecule has 92 valence electrons. The Bertz CT molecular complexity index is 425. The Morgan fingerprint density at radius 1 is 1.59 bits per heavy atom. The number of carbonyl (C=O) groups excluding carboxylic acids is 1. The van der Waals surface area contributed by atoms with Crippen LogP contribution in [0, 0.1) is 0 Å². The summed E-state index contributed by atoms with van der Waals surface area (Å²) in [5, 5.41) is 4.12. The van der Waals surface area contributed by atoms with Crippen LogP contribution in [0.4, 0.5) is 0 Å². The summed E-state index contributed by atoms with van der Waals surface area (Å²) in [6.07, 6.45) is 1.43. The van der Waals surface area contributed by atoms with Crippen molar-refractivity contribution in [1.29, 1.82) is 0 Å². The molecule has 0 radical (unpaired) electrons. The highest BCUT2D eigenvalue weighted by atomic mass is 35.5. The van der Waals surface area contributed by atoms with Gasteiger partial charge >= 0.3 is 0 Å². The molecule has 0 aliphatic carbocycles. The summed E-state index contributed by atoms with van der Waals surface area (Å²) in [4.78, 5) is 12.0. The standard InChI is InChI=1S/C12H15ClN2OS/c13-8-1-2-11-9(7-8)10(4-6-17-11)15-5-3-12(14)16/h1-2,7,10,15H,3-6H2,(H2,14,16). The van der Waals surface area contributed by atoms with Gasteiger partial charge in [-0.2, -0.15) is 0 Å². The van der Waals surface area contributed by atoms with Crippen molar-refractivity contribution in [1.82, 2.24) is 5.32 Å². The van der Waals surface area contributed by atoms with Crippen LogP contribution >= 0.6 is 23.4 Å². The van der Waals surface area contributed by atoms with E-state index < -0.39 is 0 Å². The lowest BCUT2D eigenvalue weighted by Gasteiger charge is -2.26. The average Bonchev–Trinajstić information content (AvgIpc) is 2.29. The number of fused-ring (bicyclic) bond motifs is 1. The van der Waals surface area contributed by atoms with Crippen LogP contribution in [-0.2, 0) is 4.79 Å². The predicted octanol–water partition coefficient (Wildman–Crippen LogP) is 2.34. The van der Waals surface area contributed by atoms with Gasteiger partial charge in [-0.25, -0.2) is 0 Å². The topological polar surface area (TPSA) is 55.1 Å². The van der Waals surface area contributed by atoms with E-state index in [-0.39, 0.29) is 11.9 Å². The fourth-order valence-corrected chi connectivity index (χ4v) is 3.23. The molecule has 0 aromatic heterocycles. The van der Waals surface area contributed by atoms with E-state index in [1.807, 2.05) is 23.9 Å². The van der Waals surface area contributed by atoms with E-state index in [1.54, 1.807) is 0 Å². The lowest BCUT2D eigenvalue weighted by molar-refractivity contribution is -0.117. The zero-order valence-electron chi connectivity index (χ0n) is 9.41. The zero-order valence-corrected chi connectivity index (χ0v) is 11.0. The van der Waals surface area contributed by atoms with Crippen molar-refractivity contribution in [2.75, 3.05) is 12.3 Å². The van der Waals surface area contributed by atoms with Crippen LogP contribution in [-0.4, -0.2) is 18.2 Å². The van der Waals surface area contributed by atoms with E-state index >= 15 is 0 Å². The van der Waals surface area contributed by atoms with E-state index in [0.717, 1.165) is 17.2 Å². The van der Waals surface area contributed by atoms with Gasteiger partial charge in [0.05, 0.1) is 0 Å². The molecule has 1 atom stereocenters. The van der Waals surface area contributed by atoms with Gasteiger partial charge in [0.1, 0.15) is 0 Å². The molecule has 0 fully saturated rings. The maximum absolute atomic E-state index is 10.7. The van der Waals surface area contributed by atoms with E-state index in [9.17, 15) is 4.79 Å². The van der Waals surface area contributed by atoms with Crippen molar-refractivity contribution >= 4 is 29.3 Å². The maximum atomic E-state index is 10.7. The molecule has 0 saturated carbocycles. The van der Waals surface area contributed by atoms with Crippen LogP contribution in [0.25, 0.3) is 0 Å². The van der Waals surface area contributed by atoms with Gasteiger partial charge in [0, 0.05) is 28.9 Å². The molecule has 5 heteroatoms. The molecule has 1 aliphatic heterocycles. The molecule has 1 unspecified atom stereocenters. The number of nitrogens with one attached hydrogen (secondary N) is 1. The number of primary amides is 1. The van der Waals surface area contributed by atoms with Gasteiger partial charge in [-0.3, -0.25) is 4.79 Å². The third kappa shape index (κ3) is 3.37. The molecule has 1 aromatic rings. The highest BCUT2D eigenvalue weighted by Crippen LogP contribution is 2.37. The van der Waals surface area contributed by atoms with Crippen molar-refractivity contribution in [2.45, 2.75) is 23.8 Å². The van der Waals surface area contributed by atoms with Gasteiger partial charge in [0.2, 0.25) is 5.91 Å². The van der Waals surface area contributed by atoms with Crippen LogP contribution < -0.4 is 11.1 Å². The Kier molecular flexibility index (Phi) is 4.31. The molecule has 0 bridgehead atoms. The van der Waals surface area contributed by atoms with Crippen LogP contribution in [0.5, 0.6) is 0 Å². The summed E-state index contributed by atoms with van der Waals surface area (Å²) in [6, 6.07) is 6.26. The smallest absolute Gasteiger partial charge is 0.218 e. The molecular weight excluding hydrogens is 256 g/mol. The van der Waals surface area contributed by atoms with E-state index in [2.05, 4.69) is 11.4 Å². The maximum Gasteiger partial charge on any atom is 0.218 e. The largest absolute Gasteiger partial charge is 0.370 e. The first kappa shape index (κ1) is 12.7.